The number of fused-ring (bicyclic) bond motifs is 1. The SMILES string of the molecule is CCN(CC)CCCCNC(=O)Cc1noc2cc(C)c(C)cc12. The van der Waals surface area contributed by atoms with Crippen molar-refractivity contribution in [1.82, 2.24) is 15.4 Å². The Morgan fingerprint density at radius 3 is 2.58 bits per heavy atom. The van der Waals surface area contributed by atoms with Crippen molar-refractivity contribution in [2.75, 3.05) is 26.2 Å². The number of unbranched alkanes of at least 4 members (excludes halogenated alkanes) is 1. The van der Waals surface area contributed by atoms with Crippen LogP contribution in [0.5, 0.6) is 0 Å². The number of carbonyl (C=O) groups is 1. The Bertz CT molecular complexity index is 675. The Hall–Kier alpha value is -1.88. The Balaban J connectivity index is 1.80. The molecule has 2 aromatic rings. The zero-order valence-electron chi connectivity index (χ0n) is 15.3. The van der Waals surface area contributed by atoms with Gasteiger partial charge in [0, 0.05) is 11.9 Å². The van der Waals surface area contributed by atoms with E-state index in [9.17, 15) is 4.79 Å². The van der Waals surface area contributed by atoms with Crippen LogP contribution in [0.4, 0.5) is 0 Å². The summed E-state index contributed by atoms with van der Waals surface area (Å²) >= 11 is 0. The quantitative estimate of drug-likeness (QED) is 0.717. The lowest BCUT2D eigenvalue weighted by molar-refractivity contribution is -0.120. The lowest BCUT2D eigenvalue weighted by Crippen LogP contribution is -2.28. The van der Waals surface area contributed by atoms with Crippen LogP contribution in [0.3, 0.4) is 0 Å². The van der Waals surface area contributed by atoms with Gasteiger partial charge in [-0.25, -0.2) is 0 Å². The Morgan fingerprint density at radius 1 is 1.17 bits per heavy atom. The van der Waals surface area contributed by atoms with Gasteiger partial charge in [-0.1, -0.05) is 19.0 Å². The molecule has 0 spiro atoms. The second-order valence-electron chi connectivity index (χ2n) is 6.32. The fourth-order valence-electron chi connectivity index (χ4n) is 2.81. The van der Waals surface area contributed by atoms with Gasteiger partial charge in [-0.3, -0.25) is 4.79 Å². The van der Waals surface area contributed by atoms with Crippen LogP contribution in [0.15, 0.2) is 16.7 Å². The van der Waals surface area contributed by atoms with Crippen molar-refractivity contribution in [3.8, 4) is 0 Å². The number of nitrogens with zero attached hydrogens (tertiary/aromatic N) is 2. The van der Waals surface area contributed by atoms with Gasteiger partial charge in [0.15, 0.2) is 5.58 Å². The number of hydrogen-bond acceptors (Lipinski definition) is 4. The number of hydrogen-bond donors (Lipinski definition) is 1. The summed E-state index contributed by atoms with van der Waals surface area (Å²) in [5, 5.41) is 7.99. The minimum absolute atomic E-state index is 0.00580. The number of carbonyl (C=O) groups excluding carboxylic acids is 1. The molecule has 0 aliphatic rings. The molecule has 0 atom stereocenters. The molecule has 0 aliphatic heterocycles. The summed E-state index contributed by atoms with van der Waals surface area (Å²) in [7, 11) is 0. The number of rotatable bonds is 9. The van der Waals surface area contributed by atoms with E-state index >= 15 is 0 Å². The lowest BCUT2D eigenvalue weighted by atomic mass is 10.1. The first-order valence-corrected chi connectivity index (χ1v) is 8.89. The van der Waals surface area contributed by atoms with E-state index in [4.69, 9.17) is 4.52 Å². The number of amides is 1. The zero-order valence-corrected chi connectivity index (χ0v) is 15.3. The molecular formula is C19H29N3O2. The number of nitrogens with one attached hydrogen (secondary N) is 1. The third-order valence-corrected chi connectivity index (χ3v) is 4.61. The van der Waals surface area contributed by atoms with Gasteiger partial charge >= 0.3 is 0 Å². The molecule has 0 bridgehead atoms. The van der Waals surface area contributed by atoms with Crippen molar-refractivity contribution in [2.45, 2.75) is 47.0 Å². The van der Waals surface area contributed by atoms with Crippen LogP contribution in [0.25, 0.3) is 11.0 Å². The molecule has 0 radical (unpaired) electrons. The predicted octanol–water partition coefficient (Wildman–Crippen LogP) is 3.23. The van der Waals surface area contributed by atoms with E-state index in [2.05, 4.69) is 36.1 Å². The van der Waals surface area contributed by atoms with Crippen molar-refractivity contribution in [1.29, 1.82) is 0 Å². The summed E-state index contributed by atoms with van der Waals surface area (Å²) in [6.07, 6.45) is 2.37. The summed E-state index contributed by atoms with van der Waals surface area (Å²) in [5.41, 5.74) is 3.82. The van der Waals surface area contributed by atoms with E-state index in [0.29, 0.717) is 12.2 Å². The molecule has 0 saturated heterocycles. The predicted molar refractivity (Wildman–Crippen MR) is 97.2 cm³/mol. The van der Waals surface area contributed by atoms with Gasteiger partial charge in [0.05, 0.1) is 6.42 Å². The van der Waals surface area contributed by atoms with Crippen LogP contribution >= 0.6 is 0 Å². The lowest BCUT2D eigenvalue weighted by Gasteiger charge is -2.17. The number of aromatic nitrogens is 1. The molecule has 0 aliphatic carbocycles. The minimum atomic E-state index is 0.00580. The highest BCUT2D eigenvalue weighted by Gasteiger charge is 2.13. The van der Waals surface area contributed by atoms with E-state index < -0.39 is 0 Å². The van der Waals surface area contributed by atoms with E-state index in [1.54, 1.807) is 0 Å². The van der Waals surface area contributed by atoms with Crippen LogP contribution in [0.2, 0.25) is 0 Å². The fourth-order valence-corrected chi connectivity index (χ4v) is 2.81. The first-order valence-electron chi connectivity index (χ1n) is 8.89. The number of aryl methyl sites for hydroxylation is 2. The van der Waals surface area contributed by atoms with E-state index in [1.165, 1.54) is 11.1 Å². The van der Waals surface area contributed by atoms with Crippen LogP contribution in [-0.2, 0) is 11.2 Å². The largest absolute Gasteiger partial charge is 0.356 e. The first kappa shape index (κ1) is 18.5. The average Bonchev–Trinajstić information content (AvgIpc) is 2.93. The highest BCUT2D eigenvalue weighted by molar-refractivity contribution is 5.87. The van der Waals surface area contributed by atoms with Gasteiger partial charge in [-0.15, -0.1) is 0 Å². The van der Waals surface area contributed by atoms with Gasteiger partial charge in [-0.2, -0.15) is 0 Å². The molecule has 1 aromatic carbocycles. The Kier molecular flexibility index (Phi) is 6.79. The van der Waals surface area contributed by atoms with Crippen LogP contribution in [-0.4, -0.2) is 42.1 Å². The van der Waals surface area contributed by atoms with Crippen molar-refractivity contribution in [3.63, 3.8) is 0 Å². The molecule has 1 amide bonds. The molecule has 1 N–H and O–H groups in total. The van der Waals surface area contributed by atoms with Crippen molar-refractivity contribution in [2.24, 2.45) is 0 Å². The summed E-state index contributed by atoms with van der Waals surface area (Å²) in [4.78, 5) is 14.5. The molecular weight excluding hydrogens is 302 g/mol. The summed E-state index contributed by atoms with van der Waals surface area (Å²) in [6, 6.07) is 4.03. The third-order valence-electron chi connectivity index (χ3n) is 4.61. The molecule has 0 fully saturated rings. The van der Waals surface area contributed by atoms with Gasteiger partial charge in [0.1, 0.15) is 5.69 Å². The molecule has 5 heteroatoms. The maximum atomic E-state index is 12.1. The molecule has 0 saturated carbocycles. The zero-order chi connectivity index (χ0) is 17.5. The van der Waals surface area contributed by atoms with Crippen LogP contribution in [0.1, 0.15) is 43.5 Å². The van der Waals surface area contributed by atoms with Crippen LogP contribution in [0, 0.1) is 13.8 Å². The van der Waals surface area contributed by atoms with Gasteiger partial charge in [0.25, 0.3) is 0 Å². The molecule has 24 heavy (non-hydrogen) atoms. The van der Waals surface area contributed by atoms with Crippen LogP contribution < -0.4 is 5.32 Å². The van der Waals surface area contributed by atoms with Crippen molar-refractivity contribution in [3.05, 3.63) is 29.0 Å². The first-order chi connectivity index (χ1) is 11.5. The molecule has 132 valence electrons. The van der Waals surface area contributed by atoms with E-state index in [0.717, 1.165) is 43.4 Å². The summed E-state index contributed by atoms with van der Waals surface area (Å²) in [5.74, 6) is 0.00580. The monoisotopic (exact) mass is 331 g/mol. The van der Waals surface area contributed by atoms with Crippen molar-refractivity contribution >= 4 is 16.9 Å². The molecule has 5 nitrogen and oxygen atoms in total. The molecule has 2 rings (SSSR count). The van der Waals surface area contributed by atoms with Gasteiger partial charge in [0.2, 0.25) is 5.91 Å². The topological polar surface area (TPSA) is 58.4 Å². The summed E-state index contributed by atoms with van der Waals surface area (Å²) < 4.78 is 5.34. The average molecular weight is 331 g/mol. The Labute approximate surface area is 144 Å². The number of benzene rings is 1. The maximum absolute atomic E-state index is 12.1. The smallest absolute Gasteiger partial charge is 0.226 e. The van der Waals surface area contributed by atoms with Crippen molar-refractivity contribution < 1.29 is 9.32 Å². The molecule has 1 heterocycles. The van der Waals surface area contributed by atoms with E-state index in [-0.39, 0.29) is 12.3 Å². The highest BCUT2D eigenvalue weighted by atomic mass is 16.5. The molecule has 1 aromatic heterocycles. The fraction of sp³-hybridized carbons (Fsp3) is 0.579. The third kappa shape index (κ3) is 4.81. The standard InChI is InChI=1S/C19H29N3O2/c1-5-22(6-2)10-8-7-9-20-19(23)13-17-16-11-14(3)15(4)12-18(16)24-21-17/h11-12H,5-10,13H2,1-4H3,(H,20,23). The second kappa shape index (κ2) is 8.83. The minimum Gasteiger partial charge on any atom is -0.356 e. The highest BCUT2D eigenvalue weighted by Crippen LogP contribution is 2.22. The van der Waals surface area contributed by atoms with E-state index in [1.807, 2.05) is 19.1 Å². The Morgan fingerprint density at radius 2 is 1.88 bits per heavy atom. The molecule has 0 unspecified atom stereocenters. The second-order valence-corrected chi connectivity index (χ2v) is 6.32. The van der Waals surface area contributed by atoms with Gasteiger partial charge in [-0.05, 0) is 69.6 Å². The van der Waals surface area contributed by atoms with Gasteiger partial charge < -0.3 is 14.7 Å². The maximum Gasteiger partial charge on any atom is 0.226 e. The summed E-state index contributed by atoms with van der Waals surface area (Å²) in [6.45, 7) is 12.4. The normalized spacial score (nSPS) is 11.4.